The SMILES string of the molecule is CCC(C)(Pc1c(C)cccc1C(C)=O)c1cccc(Cc2ccccc2)c1OCc1ccccc1. The molecule has 0 aliphatic rings. The highest BCUT2D eigenvalue weighted by Gasteiger charge is 2.31. The lowest BCUT2D eigenvalue weighted by Crippen LogP contribution is -2.23. The molecule has 36 heavy (non-hydrogen) atoms. The average Bonchev–Trinajstić information content (AvgIpc) is 2.90. The molecule has 4 rings (SSSR count). The highest BCUT2D eigenvalue weighted by molar-refractivity contribution is 7.49. The monoisotopic (exact) mass is 494 g/mol. The Kier molecular flexibility index (Phi) is 8.39. The van der Waals surface area contributed by atoms with Crippen LogP contribution in [-0.4, -0.2) is 5.78 Å². The van der Waals surface area contributed by atoms with Crippen molar-refractivity contribution in [3.05, 3.63) is 130 Å². The molecule has 0 N–H and O–H groups in total. The summed E-state index contributed by atoms with van der Waals surface area (Å²) in [5, 5.41) is 0.992. The van der Waals surface area contributed by atoms with E-state index < -0.39 is 0 Å². The molecule has 0 amide bonds. The molecular weight excluding hydrogens is 459 g/mol. The standard InChI is InChI=1S/C33H35O2P/c1-5-33(4,36-32-24(2)14-12-20-29(32)25(3)34)30-21-13-19-28(22-26-15-8-6-9-16-26)31(30)35-23-27-17-10-7-11-18-27/h6-21,36H,5,22-23H2,1-4H3. The number of rotatable bonds is 10. The van der Waals surface area contributed by atoms with Crippen molar-refractivity contribution in [1.29, 1.82) is 0 Å². The number of carbonyl (C=O) groups excluding carboxylic acids is 1. The molecule has 4 aromatic carbocycles. The van der Waals surface area contributed by atoms with Gasteiger partial charge in [0.25, 0.3) is 0 Å². The van der Waals surface area contributed by atoms with Crippen molar-refractivity contribution in [3.8, 4) is 5.75 Å². The topological polar surface area (TPSA) is 26.3 Å². The van der Waals surface area contributed by atoms with Crippen LogP contribution in [0.15, 0.2) is 97.1 Å². The molecule has 0 heterocycles. The van der Waals surface area contributed by atoms with Crippen molar-refractivity contribution < 1.29 is 9.53 Å². The van der Waals surface area contributed by atoms with Crippen LogP contribution in [0.3, 0.4) is 0 Å². The van der Waals surface area contributed by atoms with Gasteiger partial charge in [-0.05, 0) is 47.8 Å². The van der Waals surface area contributed by atoms with E-state index in [9.17, 15) is 4.79 Å². The zero-order valence-corrected chi connectivity index (χ0v) is 22.7. The molecule has 184 valence electrons. The van der Waals surface area contributed by atoms with Crippen LogP contribution in [0.25, 0.3) is 0 Å². The summed E-state index contributed by atoms with van der Waals surface area (Å²) in [5.41, 5.74) is 6.82. The Morgan fingerprint density at radius 2 is 1.47 bits per heavy atom. The summed E-state index contributed by atoms with van der Waals surface area (Å²) >= 11 is 0. The van der Waals surface area contributed by atoms with E-state index in [1.807, 2.05) is 18.2 Å². The van der Waals surface area contributed by atoms with Crippen LogP contribution in [0.1, 0.15) is 65.4 Å². The van der Waals surface area contributed by atoms with Gasteiger partial charge in [-0.15, -0.1) is 0 Å². The number of aryl methyl sites for hydroxylation is 1. The normalized spacial score (nSPS) is 13.0. The quantitative estimate of drug-likeness (QED) is 0.165. The molecule has 2 nitrogen and oxygen atoms in total. The molecule has 0 fully saturated rings. The zero-order chi connectivity index (χ0) is 25.5. The van der Waals surface area contributed by atoms with Crippen LogP contribution < -0.4 is 10.0 Å². The number of ether oxygens (including phenoxy) is 1. The summed E-state index contributed by atoms with van der Waals surface area (Å²) in [6, 6.07) is 33.5. The van der Waals surface area contributed by atoms with Gasteiger partial charge < -0.3 is 4.74 Å². The van der Waals surface area contributed by atoms with Gasteiger partial charge in [-0.3, -0.25) is 4.79 Å². The summed E-state index contributed by atoms with van der Waals surface area (Å²) in [4.78, 5) is 12.5. The van der Waals surface area contributed by atoms with Crippen LogP contribution in [-0.2, 0) is 18.2 Å². The molecule has 0 aromatic heterocycles. The van der Waals surface area contributed by atoms with Gasteiger partial charge in [-0.25, -0.2) is 0 Å². The second kappa shape index (κ2) is 11.7. The van der Waals surface area contributed by atoms with Crippen molar-refractivity contribution in [1.82, 2.24) is 0 Å². The van der Waals surface area contributed by atoms with E-state index in [1.165, 1.54) is 22.3 Å². The number of hydrogen-bond acceptors (Lipinski definition) is 2. The van der Waals surface area contributed by atoms with E-state index in [-0.39, 0.29) is 10.9 Å². The van der Waals surface area contributed by atoms with Gasteiger partial charge >= 0.3 is 0 Å². The van der Waals surface area contributed by atoms with Crippen molar-refractivity contribution in [3.63, 3.8) is 0 Å². The summed E-state index contributed by atoms with van der Waals surface area (Å²) in [5.74, 6) is 1.10. The van der Waals surface area contributed by atoms with E-state index in [0.29, 0.717) is 15.2 Å². The van der Waals surface area contributed by atoms with E-state index in [1.54, 1.807) is 6.92 Å². The predicted molar refractivity (Wildman–Crippen MR) is 153 cm³/mol. The lowest BCUT2D eigenvalue weighted by atomic mass is 9.92. The minimum Gasteiger partial charge on any atom is -0.488 e. The first-order chi connectivity index (χ1) is 17.4. The van der Waals surface area contributed by atoms with Gasteiger partial charge in [0.05, 0.1) is 0 Å². The third-order valence-corrected chi connectivity index (χ3v) is 9.00. The Labute approximate surface area is 217 Å². The average molecular weight is 495 g/mol. The Morgan fingerprint density at radius 1 is 0.833 bits per heavy atom. The van der Waals surface area contributed by atoms with Crippen molar-refractivity contribution >= 4 is 19.7 Å². The van der Waals surface area contributed by atoms with Gasteiger partial charge in [0.1, 0.15) is 12.4 Å². The number of hydrogen-bond donors (Lipinski definition) is 0. The third kappa shape index (κ3) is 5.94. The van der Waals surface area contributed by atoms with Crippen molar-refractivity contribution in [2.24, 2.45) is 0 Å². The van der Waals surface area contributed by atoms with Gasteiger partial charge in [0, 0.05) is 22.7 Å². The molecule has 0 aliphatic carbocycles. The Hall–Kier alpha value is -3.22. The number of ketones is 1. The highest BCUT2D eigenvalue weighted by atomic mass is 31.1. The van der Waals surface area contributed by atoms with E-state index in [2.05, 4.69) is 99.6 Å². The molecule has 2 unspecified atom stereocenters. The second-order valence-electron chi connectivity index (χ2n) is 9.59. The summed E-state index contributed by atoms with van der Waals surface area (Å²) in [6.07, 6.45) is 1.75. The van der Waals surface area contributed by atoms with Crippen LogP contribution in [0.5, 0.6) is 5.75 Å². The number of carbonyl (C=O) groups is 1. The van der Waals surface area contributed by atoms with Crippen LogP contribution in [0, 0.1) is 6.92 Å². The smallest absolute Gasteiger partial charge is 0.160 e. The minimum absolute atomic E-state index is 0.123. The molecule has 0 aliphatic heterocycles. The van der Waals surface area contributed by atoms with Gasteiger partial charge in [0.2, 0.25) is 0 Å². The predicted octanol–water partition coefficient (Wildman–Crippen LogP) is 8.00. The van der Waals surface area contributed by atoms with Crippen LogP contribution in [0.2, 0.25) is 0 Å². The lowest BCUT2D eigenvalue weighted by Gasteiger charge is -2.33. The largest absolute Gasteiger partial charge is 0.488 e. The van der Waals surface area contributed by atoms with E-state index in [4.69, 9.17) is 4.74 Å². The molecule has 0 saturated carbocycles. The second-order valence-corrected chi connectivity index (χ2v) is 11.4. The number of benzene rings is 4. The fourth-order valence-electron chi connectivity index (χ4n) is 4.62. The number of Topliss-reactive ketones (excluding diaryl/α,β-unsaturated/α-hetero) is 1. The highest BCUT2D eigenvalue weighted by Crippen LogP contribution is 2.49. The fourth-order valence-corrected chi connectivity index (χ4v) is 6.36. The maximum absolute atomic E-state index is 12.5. The Morgan fingerprint density at radius 3 is 2.11 bits per heavy atom. The zero-order valence-electron chi connectivity index (χ0n) is 21.7. The molecule has 0 radical (unpaired) electrons. The fraction of sp³-hybridized carbons (Fsp3) is 0.242. The van der Waals surface area contributed by atoms with Gasteiger partial charge in [0.15, 0.2) is 5.78 Å². The molecule has 2 atom stereocenters. The third-order valence-electron chi connectivity index (χ3n) is 6.91. The first-order valence-electron chi connectivity index (χ1n) is 12.6. The van der Waals surface area contributed by atoms with E-state index >= 15 is 0 Å². The Bertz CT molecular complexity index is 1310. The molecule has 3 heteroatoms. The first kappa shape index (κ1) is 25.9. The minimum atomic E-state index is -0.172. The summed E-state index contributed by atoms with van der Waals surface area (Å²) in [7, 11) is 0.447. The van der Waals surface area contributed by atoms with Crippen molar-refractivity contribution in [2.75, 3.05) is 0 Å². The maximum atomic E-state index is 12.5. The maximum Gasteiger partial charge on any atom is 0.160 e. The van der Waals surface area contributed by atoms with Crippen LogP contribution >= 0.6 is 8.58 Å². The van der Waals surface area contributed by atoms with Crippen molar-refractivity contribution in [2.45, 2.75) is 52.3 Å². The molecule has 0 spiro atoms. The number of para-hydroxylation sites is 1. The van der Waals surface area contributed by atoms with Crippen LogP contribution in [0.4, 0.5) is 0 Å². The van der Waals surface area contributed by atoms with E-state index in [0.717, 1.165) is 35.0 Å². The molecular formula is C33H35O2P. The Balaban J connectivity index is 1.79. The summed E-state index contributed by atoms with van der Waals surface area (Å²) in [6.45, 7) is 8.86. The van der Waals surface area contributed by atoms with Gasteiger partial charge in [-0.2, -0.15) is 0 Å². The first-order valence-corrected chi connectivity index (χ1v) is 13.6. The summed E-state index contributed by atoms with van der Waals surface area (Å²) < 4.78 is 6.66. The van der Waals surface area contributed by atoms with Gasteiger partial charge in [-0.1, -0.05) is 119 Å². The molecule has 4 aromatic rings. The molecule has 0 saturated heterocycles. The lowest BCUT2D eigenvalue weighted by molar-refractivity contribution is 0.101. The molecule has 0 bridgehead atoms.